The molecule has 2 aromatic heterocycles. The Morgan fingerprint density at radius 1 is 1.16 bits per heavy atom. The number of benzene rings is 2. The van der Waals surface area contributed by atoms with Crippen molar-refractivity contribution < 1.29 is 9.18 Å². The van der Waals surface area contributed by atoms with E-state index in [9.17, 15) is 4.79 Å². The first-order valence-electron chi connectivity index (χ1n) is 10.00. The highest BCUT2D eigenvalue weighted by Crippen LogP contribution is 2.30. The Morgan fingerprint density at radius 3 is 2.74 bits per heavy atom. The summed E-state index contributed by atoms with van der Waals surface area (Å²) in [7, 11) is 0. The summed E-state index contributed by atoms with van der Waals surface area (Å²) in [6.07, 6.45) is 5.06. The normalized spacial score (nSPS) is 15.8. The van der Waals surface area contributed by atoms with Gasteiger partial charge in [0.25, 0.3) is 0 Å². The second-order valence-corrected chi connectivity index (χ2v) is 7.51. The van der Waals surface area contributed by atoms with Crippen LogP contribution >= 0.6 is 0 Å². The zero-order chi connectivity index (χ0) is 21.5. The van der Waals surface area contributed by atoms with Crippen LogP contribution in [0.3, 0.4) is 0 Å². The van der Waals surface area contributed by atoms with Crippen LogP contribution in [0.15, 0.2) is 61.2 Å². The molecule has 1 aliphatic rings. The van der Waals surface area contributed by atoms with E-state index in [2.05, 4.69) is 15.3 Å². The molecule has 156 valence electrons. The second-order valence-electron chi connectivity index (χ2n) is 7.51. The van der Waals surface area contributed by atoms with Crippen molar-refractivity contribution in [2.24, 2.45) is 5.73 Å². The van der Waals surface area contributed by atoms with E-state index < -0.39 is 11.9 Å². The minimum absolute atomic E-state index is 0.220. The largest absolute Gasteiger partial charge is 0.326 e. The third-order valence-corrected chi connectivity index (χ3v) is 5.64. The van der Waals surface area contributed by atoms with E-state index in [-0.39, 0.29) is 5.78 Å². The fourth-order valence-electron chi connectivity index (χ4n) is 4.03. The zero-order valence-electron chi connectivity index (χ0n) is 16.9. The van der Waals surface area contributed by atoms with E-state index in [0.29, 0.717) is 35.7 Å². The SMILES string of the molecule is Cc1nccn1-c1ccc(C2NCc3ncn(-c4cccc(CN)c4)c3C2=O)c(F)c1. The first-order valence-corrected chi connectivity index (χ1v) is 10.00. The number of hydrogen-bond acceptors (Lipinski definition) is 5. The quantitative estimate of drug-likeness (QED) is 0.534. The van der Waals surface area contributed by atoms with Crippen molar-refractivity contribution in [2.45, 2.75) is 26.1 Å². The molecule has 8 heteroatoms. The van der Waals surface area contributed by atoms with Crippen LogP contribution in [-0.2, 0) is 13.1 Å². The van der Waals surface area contributed by atoms with Crippen molar-refractivity contribution in [2.75, 3.05) is 0 Å². The molecule has 1 unspecified atom stereocenters. The molecule has 0 fully saturated rings. The van der Waals surface area contributed by atoms with Gasteiger partial charge in [0, 0.05) is 42.4 Å². The van der Waals surface area contributed by atoms with Gasteiger partial charge in [-0.15, -0.1) is 0 Å². The van der Waals surface area contributed by atoms with Crippen LogP contribution in [0.5, 0.6) is 0 Å². The van der Waals surface area contributed by atoms with Crippen molar-refractivity contribution >= 4 is 5.78 Å². The summed E-state index contributed by atoms with van der Waals surface area (Å²) >= 11 is 0. The van der Waals surface area contributed by atoms with E-state index in [1.54, 1.807) is 40.0 Å². The van der Waals surface area contributed by atoms with Crippen LogP contribution in [-0.4, -0.2) is 24.9 Å². The standard InChI is InChI=1S/C23H21FN6O/c1-14-26-7-8-29(14)17-5-6-18(19(24)10-17)21-23(31)22-20(12-27-21)28-13-30(22)16-4-2-3-15(9-16)11-25/h2-10,13,21,27H,11-12,25H2,1H3. The summed E-state index contributed by atoms with van der Waals surface area (Å²) in [5, 5.41) is 3.13. The third kappa shape index (κ3) is 3.26. The van der Waals surface area contributed by atoms with E-state index in [1.165, 1.54) is 6.07 Å². The zero-order valence-corrected chi connectivity index (χ0v) is 16.9. The van der Waals surface area contributed by atoms with E-state index in [0.717, 1.165) is 17.1 Å². The number of aromatic nitrogens is 4. The molecule has 3 heterocycles. The van der Waals surface area contributed by atoms with Gasteiger partial charge in [0.2, 0.25) is 5.78 Å². The molecular formula is C23H21FN6O. The van der Waals surface area contributed by atoms with Gasteiger partial charge in [-0.2, -0.15) is 0 Å². The van der Waals surface area contributed by atoms with E-state index in [4.69, 9.17) is 5.73 Å². The van der Waals surface area contributed by atoms with Gasteiger partial charge in [0.05, 0.1) is 5.69 Å². The lowest BCUT2D eigenvalue weighted by Gasteiger charge is -2.24. The monoisotopic (exact) mass is 416 g/mol. The number of aryl methyl sites for hydroxylation is 1. The van der Waals surface area contributed by atoms with Crippen LogP contribution in [0.1, 0.15) is 39.2 Å². The maximum absolute atomic E-state index is 15.1. The number of imidazole rings is 2. The highest BCUT2D eigenvalue weighted by molar-refractivity contribution is 6.01. The number of Topliss-reactive ketones (excluding diaryl/α,β-unsaturated/α-hetero) is 1. The van der Waals surface area contributed by atoms with Crippen molar-refractivity contribution in [1.82, 2.24) is 24.4 Å². The number of nitrogens with zero attached hydrogens (tertiary/aromatic N) is 4. The second kappa shape index (κ2) is 7.57. The fourth-order valence-corrected chi connectivity index (χ4v) is 4.03. The molecule has 4 aromatic rings. The Hall–Kier alpha value is -3.62. The molecule has 1 aliphatic heterocycles. The maximum Gasteiger partial charge on any atom is 0.203 e. The van der Waals surface area contributed by atoms with E-state index in [1.807, 2.05) is 31.2 Å². The molecule has 0 amide bonds. The van der Waals surface area contributed by atoms with Gasteiger partial charge in [-0.3, -0.25) is 14.7 Å². The third-order valence-electron chi connectivity index (χ3n) is 5.64. The molecular weight excluding hydrogens is 395 g/mol. The molecule has 0 aliphatic carbocycles. The Kier molecular flexibility index (Phi) is 4.72. The number of fused-ring (bicyclic) bond motifs is 1. The van der Waals surface area contributed by atoms with Crippen LogP contribution in [0, 0.1) is 12.7 Å². The summed E-state index contributed by atoms with van der Waals surface area (Å²) < 4.78 is 18.6. The van der Waals surface area contributed by atoms with Crippen molar-refractivity contribution in [3.8, 4) is 11.4 Å². The molecule has 0 spiro atoms. The Labute approximate surface area is 178 Å². The molecule has 0 saturated heterocycles. The number of rotatable bonds is 4. The highest BCUT2D eigenvalue weighted by Gasteiger charge is 2.34. The highest BCUT2D eigenvalue weighted by atomic mass is 19.1. The summed E-state index contributed by atoms with van der Waals surface area (Å²) in [6, 6.07) is 11.7. The maximum atomic E-state index is 15.1. The molecule has 2 aromatic carbocycles. The summed E-state index contributed by atoms with van der Waals surface area (Å²) in [5.41, 5.74) is 9.59. The Bertz CT molecular complexity index is 1290. The van der Waals surface area contributed by atoms with Gasteiger partial charge in [-0.1, -0.05) is 18.2 Å². The lowest BCUT2D eigenvalue weighted by molar-refractivity contribution is 0.0920. The van der Waals surface area contributed by atoms with Crippen molar-refractivity contribution in [3.63, 3.8) is 0 Å². The van der Waals surface area contributed by atoms with Gasteiger partial charge < -0.3 is 10.3 Å². The number of nitrogens with two attached hydrogens (primary N) is 1. The minimum atomic E-state index is -0.793. The van der Waals surface area contributed by atoms with Crippen LogP contribution < -0.4 is 11.1 Å². The molecule has 0 saturated carbocycles. The molecule has 31 heavy (non-hydrogen) atoms. The topological polar surface area (TPSA) is 90.8 Å². The summed E-state index contributed by atoms with van der Waals surface area (Å²) in [6.45, 7) is 2.62. The average Bonchev–Trinajstić information content (AvgIpc) is 3.41. The minimum Gasteiger partial charge on any atom is -0.326 e. The van der Waals surface area contributed by atoms with Crippen molar-refractivity contribution in [3.05, 3.63) is 95.3 Å². The molecule has 0 bridgehead atoms. The molecule has 1 atom stereocenters. The lowest BCUT2D eigenvalue weighted by atomic mass is 9.95. The van der Waals surface area contributed by atoms with Crippen LogP contribution in [0.2, 0.25) is 0 Å². The predicted molar refractivity (Wildman–Crippen MR) is 114 cm³/mol. The van der Waals surface area contributed by atoms with Gasteiger partial charge in [-0.25, -0.2) is 14.4 Å². The molecule has 3 N–H and O–H groups in total. The first-order chi connectivity index (χ1) is 15.1. The molecule has 5 rings (SSSR count). The smallest absolute Gasteiger partial charge is 0.203 e. The van der Waals surface area contributed by atoms with Crippen LogP contribution in [0.4, 0.5) is 4.39 Å². The summed E-state index contributed by atoms with van der Waals surface area (Å²) in [5.74, 6) is 0.0886. The Balaban J connectivity index is 1.52. The summed E-state index contributed by atoms with van der Waals surface area (Å²) in [4.78, 5) is 22.0. The number of carbonyl (C=O) groups excluding carboxylic acids is 1. The van der Waals surface area contributed by atoms with Crippen molar-refractivity contribution in [1.29, 1.82) is 0 Å². The van der Waals surface area contributed by atoms with Gasteiger partial charge in [-0.05, 0) is 36.8 Å². The first kappa shape index (κ1) is 19.3. The number of nitrogens with one attached hydrogen (secondary N) is 1. The van der Waals surface area contributed by atoms with Gasteiger partial charge >= 0.3 is 0 Å². The molecule has 0 radical (unpaired) electrons. The number of hydrogen-bond donors (Lipinski definition) is 2. The molecule has 7 nitrogen and oxygen atoms in total. The predicted octanol–water partition coefficient (Wildman–Crippen LogP) is 2.99. The van der Waals surface area contributed by atoms with Crippen LogP contribution in [0.25, 0.3) is 11.4 Å². The lowest BCUT2D eigenvalue weighted by Crippen LogP contribution is -2.36. The van der Waals surface area contributed by atoms with Gasteiger partial charge in [0.15, 0.2) is 0 Å². The van der Waals surface area contributed by atoms with E-state index >= 15 is 4.39 Å². The number of ketones is 1. The Morgan fingerprint density at radius 2 is 2.00 bits per heavy atom. The number of carbonyl (C=O) groups is 1. The van der Waals surface area contributed by atoms with Gasteiger partial charge in [0.1, 0.15) is 29.7 Å². The fraction of sp³-hybridized carbons (Fsp3) is 0.174. The number of halogens is 1. The average molecular weight is 416 g/mol.